The Morgan fingerprint density at radius 2 is 1.85 bits per heavy atom. The molecule has 0 amide bonds. The molecule has 130 valence electrons. The van der Waals surface area contributed by atoms with Crippen LogP contribution in [0.1, 0.15) is 17.0 Å². The van der Waals surface area contributed by atoms with Gasteiger partial charge in [0.2, 0.25) is 0 Å². The maximum Gasteiger partial charge on any atom is 0.178 e. The molecular weight excluding hydrogens is 350 g/mol. The van der Waals surface area contributed by atoms with Crippen molar-refractivity contribution in [1.82, 2.24) is 19.8 Å². The number of phenolic OH excluding ortho intramolecular Hbond substituents is 1. The molecule has 6 nitrogen and oxygen atoms in total. The first kappa shape index (κ1) is 16.4. The minimum absolute atomic E-state index is 0.237. The zero-order valence-electron chi connectivity index (χ0n) is 14.0. The maximum atomic E-state index is 9.41. The second-order valence-electron chi connectivity index (χ2n) is 6.03. The standard InChI is InChI=1S/C19H16ClN5O/c1-12-2-5-14(20)11-16(12)21-17-8-9-18-22-23-19(25(18)24-17)10-13-3-6-15(26)7-4-13/h2-9,11,26H,10H2,1H3,(H,21,24). The average molecular weight is 366 g/mol. The zero-order chi connectivity index (χ0) is 18.1. The molecule has 0 saturated carbocycles. The normalized spacial score (nSPS) is 11.0. The van der Waals surface area contributed by atoms with Crippen molar-refractivity contribution < 1.29 is 5.11 Å². The third-order valence-electron chi connectivity index (χ3n) is 4.09. The van der Waals surface area contributed by atoms with Crippen LogP contribution in [0.25, 0.3) is 5.65 Å². The number of anilines is 2. The fourth-order valence-corrected chi connectivity index (χ4v) is 2.85. The molecule has 0 atom stereocenters. The Morgan fingerprint density at radius 1 is 1.04 bits per heavy atom. The fourth-order valence-electron chi connectivity index (χ4n) is 2.67. The van der Waals surface area contributed by atoms with Gasteiger partial charge in [-0.25, -0.2) is 0 Å². The van der Waals surface area contributed by atoms with Crippen LogP contribution in [0.3, 0.4) is 0 Å². The molecule has 4 rings (SSSR count). The highest BCUT2D eigenvalue weighted by molar-refractivity contribution is 6.30. The van der Waals surface area contributed by atoms with Gasteiger partial charge in [-0.1, -0.05) is 29.8 Å². The van der Waals surface area contributed by atoms with E-state index < -0.39 is 0 Å². The Bertz CT molecular complexity index is 1080. The molecule has 2 aromatic carbocycles. The van der Waals surface area contributed by atoms with Crippen LogP contribution in [-0.2, 0) is 6.42 Å². The van der Waals surface area contributed by atoms with Crippen LogP contribution in [0.4, 0.5) is 11.5 Å². The first-order chi connectivity index (χ1) is 12.6. The van der Waals surface area contributed by atoms with Crippen LogP contribution in [-0.4, -0.2) is 24.9 Å². The van der Waals surface area contributed by atoms with Gasteiger partial charge in [0.05, 0.1) is 0 Å². The van der Waals surface area contributed by atoms with Gasteiger partial charge in [0.15, 0.2) is 17.3 Å². The minimum atomic E-state index is 0.237. The third kappa shape index (κ3) is 3.32. The molecule has 2 N–H and O–H groups in total. The Kier molecular flexibility index (Phi) is 4.18. The number of aromatic hydroxyl groups is 1. The lowest BCUT2D eigenvalue weighted by Crippen LogP contribution is -2.04. The number of hydrogen-bond acceptors (Lipinski definition) is 5. The Balaban J connectivity index is 1.65. The Morgan fingerprint density at radius 3 is 2.65 bits per heavy atom. The number of nitrogens with zero attached hydrogens (tertiary/aromatic N) is 4. The van der Waals surface area contributed by atoms with E-state index in [1.807, 2.05) is 49.4 Å². The lowest BCUT2D eigenvalue weighted by atomic mass is 10.1. The van der Waals surface area contributed by atoms with Crippen LogP contribution >= 0.6 is 11.6 Å². The number of nitrogens with one attached hydrogen (secondary N) is 1. The van der Waals surface area contributed by atoms with Crippen molar-refractivity contribution in [2.24, 2.45) is 0 Å². The van der Waals surface area contributed by atoms with Gasteiger partial charge in [0.25, 0.3) is 0 Å². The molecule has 0 bridgehead atoms. The van der Waals surface area contributed by atoms with Gasteiger partial charge < -0.3 is 10.4 Å². The van der Waals surface area contributed by atoms with E-state index in [-0.39, 0.29) is 5.75 Å². The Hall–Kier alpha value is -3.12. The second-order valence-corrected chi connectivity index (χ2v) is 6.47. The van der Waals surface area contributed by atoms with Gasteiger partial charge in [-0.2, -0.15) is 4.52 Å². The van der Waals surface area contributed by atoms with Crippen molar-refractivity contribution in [3.8, 4) is 5.75 Å². The lowest BCUT2D eigenvalue weighted by Gasteiger charge is -2.09. The highest BCUT2D eigenvalue weighted by Crippen LogP contribution is 2.23. The van der Waals surface area contributed by atoms with Crippen molar-refractivity contribution in [1.29, 1.82) is 0 Å². The SMILES string of the molecule is Cc1ccc(Cl)cc1Nc1ccc2nnc(Cc3ccc(O)cc3)n2n1. The summed E-state index contributed by atoms with van der Waals surface area (Å²) in [7, 11) is 0. The highest BCUT2D eigenvalue weighted by atomic mass is 35.5. The molecule has 7 heteroatoms. The molecule has 0 radical (unpaired) electrons. The van der Waals surface area contributed by atoms with Crippen LogP contribution in [0, 0.1) is 6.92 Å². The van der Waals surface area contributed by atoms with E-state index >= 15 is 0 Å². The molecule has 0 aliphatic rings. The molecule has 0 spiro atoms. The zero-order valence-corrected chi connectivity index (χ0v) is 14.8. The number of aryl methyl sites for hydroxylation is 1. The molecule has 2 heterocycles. The quantitative estimate of drug-likeness (QED) is 0.568. The summed E-state index contributed by atoms with van der Waals surface area (Å²) in [5, 5.41) is 26.4. The van der Waals surface area contributed by atoms with Crippen molar-refractivity contribution in [2.75, 3.05) is 5.32 Å². The van der Waals surface area contributed by atoms with Gasteiger partial charge in [-0.05, 0) is 54.4 Å². The van der Waals surface area contributed by atoms with Crippen molar-refractivity contribution in [3.63, 3.8) is 0 Å². The third-order valence-corrected chi connectivity index (χ3v) is 4.32. The van der Waals surface area contributed by atoms with Crippen molar-refractivity contribution >= 4 is 28.8 Å². The number of aromatic nitrogens is 4. The first-order valence-electron chi connectivity index (χ1n) is 8.11. The van der Waals surface area contributed by atoms with Gasteiger partial charge in [-0.3, -0.25) is 0 Å². The predicted octanol–water partition coefficient (Wildman–Crippen LogP) is 4.13. The molecule has 2 aromatic heterocycles. The summed E-state index contributed by atoms with van der Waals surface area (Å²) in [5.74, 6) is 1.63. The summed E-state index contributed by atoms with van der Waals surface area (Å²) >= 11 is 6.08. The maximum absolute atomic E-state index is 9.41. The van der Waals surface area contributed by atoms with Gasteiger partial charge in [-0.15, -0.1) is 15.3 Å². The number of benzene rings is 2. The van der Waals surface area contributed by atoms with Gasteiger partial charge >= 0.3 is 0 Å². The number of phenols is 1. The average Bonchev–Trinajstić information content (AvgIpc) is 3.02. The van der Waals surface area contributed by atoms with Crippen LogP contribution in [0.2, 0.25) is 5.02 Å². The van der Waals surface area contributed by atoms with Crippen LogP contribution in [0.15, 0.2) is 54.6 Å². The van der Waals surface area contributed by atoms with E-state index in [1.165, 1.54) is 0 Å². The van der Waals surface area contributed by atoms with E-state index in [9.17, 15) is 5.11 Å². The van der Waals surface area contributed by atoms with Crippen LogP contribution < -0.4 is 5.32 Å². The summed E-state index contributed by atoms with van der Waals surface area (Å²) in [6.07, 6.45) is 0.564. The second kappa shape index (κ2) is 6.65. The smallest absolute Gasteiger partial charge is 0.178 e. The van der Waals surface area contributed by atoms with E-state index in [0.717, 1.165) is 22.6 Å². The molecule has 0 aliphatic heterocycles. The summed E-state index contributed by atoms with van der Waals surface area (Å²) in [4.78, 5) is 0. The molecular formula is C19H16ClN5O. The van der Waals surface area contributed by atoms with E-state index in [4.69, 9.17) is 11.6 Å². The van der Waals surface area contributed by atoms with Gasteiger partial charge in [0.1, 0.15) is 5.75 Å². The number of fused-ring (bicyclic) bond motifs is 1. The number of hydrogen-bond donors (Lipinski definition) is 2. The highest BCUT2D eigenvalue weighted by Gasteiger charge is 2.10. The van der Waals surface area contributed by atoms with Crippen molar-refractivity contribution in [2.45, 2.75) is 13.3 Å². The number of halogens is 1. The minimum Gasteiger partial charge on any atom is -0.508 e. The summed E-state index contributed by atoms with van der Waals surface area (Å²) in [6, 6.07) is 16.4. The van der Waals surface area contributed by atoms with Gasteiger partial charge in [0, 0.05) is 17.1 Å². The summed E-state index contributed by atoms with van der Waals surface area (Å²) in [5.41, 5.74) is 3.66. The van der Waals surface area contributed by atoms with Crippen LogP contribution in [0.5, 0.6) is 5.75 Å². The molecule has 0 fully saturated rings. The topological polar surface area (TPSA) is 75.3 Å². The predicted molar refractivity (Wildman–Crippen MR) is 101 cm³/mol. The largest absolute Gasteiger partial charge is 0.508 e. The number of rotatable bonds is 4. The van der Waals surface area contributed by atoms with E-state index in [1.54, 1.807) is 16.6 Å². The monoisotopic (exact) mass is 365 g/mol. The molecule has 0 aliphatic carbocycles. The molecule has 26 heavy (non-hydrogen) atoms. The van der Waals surface area contributed by atoms with E-state index in [2.05, 4.69) is 20.6 Å². The molecule has 0 unspecified atom stereocenters. The van der Waals surface area contributed by atoms with Crippen molar-refractivity contribution in [3.05, 3.63) is 76.6 Å². The van der Waals surface area contributed by atoms with E-state index in [0.29, 0.717) is 22.9 Å². The molecule has 0 saturated heterocycles. The first-order valence-corrected chi connectivity index (χ1v) is 8.49. The molecule has 4 aromatic rings. The Labute approximate surface area is 155 Å². The lowest BCUT2D eigenvalue weighted by molar-refractivity contribution is 0.475. The fraction of sp³-hybridized carbons (Fsp3) is 0.105. The summed E-state index contributed by atoms with van der Waals surface area (Å²) in [6.45, 7) is 2.01. The summed E-state index contributed by atoms with van der Waals surface area (Å²) < 4.78 is 1.72.